The number of hydrogen-bond donors (Lipinski definition) is 1. The van der Waals surface area contributed by atoms with Gasteiger partial charge in [0, 0.05) is 4.47 Å². The molecule has 1 saturated heterocycles. The molecule has 2 heterocycles. The largest absolute Gasteiger partial charge is 0.300 e. The van der Waals surface area contributed by atoms with Crippen LogP contribution >= 0.6 is 27.3 Å². The Morgan fingerprint density at radius 1 is 1.17 bits per heavy atom. The molecule has 0 spiro atoms. The van der Waals surface area contributed by atoms with Gasteiger partial charge in [0.05, 0.1) is 13.0 Å². The van der Waals surface area contributed by atoms with E-state index >= 15 is 0 Å². The molecule has 1 N–H and O–H groups in total. The minimum atomic E-state index is -0.0620. The fourth-order valence-electron chi connectivity index (χ4n) is 2.63. The molecule has 1 aromatic heterocycles. The summed E-state index contributed by atoms with van der Waals surface area (Å²) in [5.41, 5.74) is 0.976. The molecule has 0 bridgehead atoms. The lowest BCUT2D eigenvalue weighted by molar-refractivity contribution is -0.115. The van der Waals surface area contributed by atoms with Crippen molar-refractivity contribution < 1.29 is 4.79 Å². The first-order valence-corrected chi connectivity index (χ1v) is 9.39. The third-order valence-corrected chi connectivity index (χ3v) is 5.15. The second-order valence-corrected chi connectivity index (χ2v) is 7.67. The van der Waals surface area contributed by atoms with Gasteiger partial charge in [-0.3, -0.25) is 9.69 Å². The molecule has 7 heteroatoms. The molecule has 23 heavy (non-hydrogen) atoms. The van der Waals surface area contributed by atoms with E-state index in [2.05, 4.69) is 36.3 Å². The van der Waals surface area contributed by atoms with E-state index in [-0.39, 0.29) is 5.91 Å². The highest BCUT2D eigenvalue weighted by Crippen LogP contribution is 2.19. The Bertz CT molecular complexity index is 652. The van der Waals surface area contributed by atoms with Crippen LogP contribution in [0.4, 0.5) is 5.13 Å². The molecule has 0 unspecified atom stereocenters. The van der Waals surface area contributed by atoms with Crippen molar-refractivity contribution >= 4 is 38.3 Å². The van der Waals surface area contributed by atoms with Gasteiger partial charge in [-0.15, -0.1) is 10.2 Å². The van der Waals surface area contributed by atoms with Crippen molar-refractivity contribution in [2.75, 3.05) is 18.4 Å². The van der Waals surface area contributed by atoms with Crippen LogP contribution in [0, 0.1) is 0 Å². The number of halogens is 1. The predicted octanol–water partition coefficient (Wildman–Crippen LogP) is 3.47. The summed E-state index contributed by atoms with van der Waals surface area (Å²) in [5.74, 6) is -0.0620. The van der Waals surface area contributed by atoms with Gasteiger partial charge in [0.2, 0.25) is 11.0 Å². The van der Waals surface area contributed by atoms with Gasteiger partial charge in [-0.1, -0.05) is 45.8 Å². The molecule has 1 aliphatic heterocycles. The Morgan fingerprint density at radius 2 is 1.91 bits per heavy atom. The SMILES string of the molecule is O=C(Cc1ccc(Br)cc1)Nc1nnc(CN2CCCCC2)s1. The highest BCUT2D eigenvalue weighted by Gasteiger charge is 2.14. The number of carbonyl (C=O) groups excluding carboxylic acids is 1. The molecule has 0 radical (unpaired) electrons. The average molecular weight is 395 g/mol. The minimum Gasteiger partial charge on any atom is -0.300 e. The molecule has 0 atom stereocenters. The lowest BCUT2D eigenvalue weighted by Crippen LogP contribution is -2.28. The lowest BCUT2D eigenvalue weighted by atomic mass is 10.1. The highest BCUT2D eigenvalue weighted by molar-refractivity contribution is 9.10. The van der Waals surface area contributed by atoms with Crippen molar-refractivity contribution in [3.63, 3.8) is 0 Å². The molecule has 0 aliphatic carbocycles. The zero-order valence-corrected chi connectivity index (χ0v) is 15.2. The predicted molar refractivity (Wildman–Crippen MR) is 95.5 cm³/mol. The van der Waals surface area contributed by atoms with Crippen LogP contribution in [0.25, 0.3) is 0 Å². The summed E-state index contributed by atoms with van der Waals surface area (Å²) in [5, 5.41) is 12.7. The van der Waals surface area contributed by atoms with Crippen LogP contribution in [0.3, 0.4) is 0 Å². The number of anilines is 1. The van der Waals surface area contributed by atoms with E-state index in [1.807, 2.05) is 24.3 Å². The molecule has 122 valence electrons. The Balaban J connectivity index is 1.51. The Hall–Kier alpha value is -1.31. The molecular weight excluding hydrogens is 376 g/mol. The maximum absolute atomic E-state index is 12.1. The first-order chi connectivity index (χ1) is 11.2. The van der Waals surface area contributed by atoms with E-state index in [1.54, 1.807) is 0 Å². The summed E-state index contributed by atoms with van der Waals surface area (Å²) in [7, 11) is 0. The first kappa shape index (κ1) is 16.5. The number of benzene rings is 1. The molecule has 0 saturated carbocycles. The molecular formula is C16H19BrN4OS. The zero-order valence-electron chi connectivity index (χ0n) is 12.8. The maximum atomic E-state index is 12.1. The van der Waals surface area contributed by atoms with Gasteiger partial charge in [0.15, 0.2) is 0 Å². The van der Waals surface area contributed by atoms with Crippen molar-refractivity contribution in [2.45, 2.75) is 32.2 Å². The zero-order chi connectivity index (χ0) is 16.1. The number of nitrogens with zero attached hydrogens (tertiary/aromatic N) is 3. The summed E-state index contributed by atoms with van der Waals surface area (Å²) < 4.78 is 1.01. The second kappa shape index (κ2) is 7.99. The van der Waals surface area contributed by atoms with Crippen molar-refractivity contribution in [1.82, 2.24) is 15.1 Å². The normalized spacial score (nSPS) is 15.5. The summed E-state index contributed by atoms with van der Waals surface area (Å²) >= 11 is 4.85. The van der Waals surface area contributed by atoms with Crippen molar-refractivity contribution in [1.29, 1.82) is 0 Å². The lowest BCUT2D eigenvalue weighted by Gasteiger charge is -2.24. The number of hydrogen-bond acceptors (Lipinski definition) is 5. The van der Waals surface area contributed by atoms with Crippen LogP contribution in [0.2, 0.25) is 0 Å². The topological polar surface area (TPSA) is 58.1 Å². The summed E-state index contributed by atoms with van der Waals surface area (Å²) in [4.78, 5) is 14.5. The van der Waals surface area contributed by atoms with E-state index in [4.69, 9.17) is 0 Å². The number of aromatic nitrogens is 2. The van der Waals surface area contributed by atoms with Gasteiger partial charge < -0.3 is 5.32 Å². The Labute approximate surface area is 148 Å². The number of piperidine rings is 1. The van der Waals surface area contributed by atoms with Gasteiger partial charge >= 0.3 is 0 Å². The third-order valence-electron chi connectivity index (χ3n) is 3.80. The van der Waals surface area contributed by atoms with Gasteiger partial charge in [0.1, 0.15) is 5.01 Å². The number of likely N-dealkylation sites (tertiary alicyclic amines) is 1. The molecule has 1 amide bonds. The number of carbonyl (C=O) groups is 1. The number of rotatable bonds is 5. The highest BCUT2D eigenvalue weighted by atomic mass is 79.9. The second-order valence-electron chi connectivity index (χ2n) is 5.69. The average Bonchev–Trinajstić information content (AvgIpc) is 2.97. The molecule has 5 nitrogen and oxygen atoms in total. The van der Waals surface area contributed by atoms with Crippen LogP contribution < -0.4 is 5.32 Å². The van der Waals surface area contributed by atoms with Crippen molar-refractivity contribution in [2.24, 2.45) is 0 Å². The van der Waals surface area contributed by atoms with Crippen molar-refractivity contribution in [3.05, 3.63) is 39.3 Å². The quantitative estimate of drug-likeness (QED) is 0.843. The Morgan fingerprint density at radius 3 is 2.65 bits per heavy atom. The van der Waals surface area contributed by atoms with Crippen LogP contribution in [0.5, 0.6) is 0 Å². The third kappa shape index (κ3) is 5.09. The molecule has 2 aromatic rings. The van der Waals surface area contributed by atoms with Gasteiger partial charge in [-0.2, -0.15) is 0 Å². The summed E-state index contributed by atoms with van der Waals surface area (Å²) in [6.45, 7) is 3.09. The van der Waals surface area contributed by atoms with Crippen LogP contribution in [-0.2, 0) is 17.8 Å². The van der Waals surface area contributed by atoms with Gasteiger partial charge in [-0.05, 0) is 43.6 Å². The number of amides is 1. The van der Waals surface area contributed by atoms with Crippen molar-refractivity contribution in [3.8, 4) is 0 Å². The van der Waals surface area contributed by atoms with Crippen LogP contribution in [-0.4, -0.2) is 34.1 Å². The van der Waals surface area contributed by atoms with E-state index in [0.717, 1.165) is 34.7 Å². The van der Waals surface area contributed by atoms with E-state index in [9.17, 15) is 4.79 Å². The Kier molecular flexibility index (Phi) is 5.75. The smallest absolute Gasteiger partial charge is 0.230 e. The fraction of sp³-hybridized carbons (Fsp3) is 0.438. The molecule has 1 aliphatic rings. The first-order valence-electron chi connectivity index (χ1n) is 7.78. The fourth-order valence-corrected chi connectivity index (χ4v) is 3.69. The minimum absolute atomic E-state index is 0.0620. The maximum Gasteiger partial charge on any atom is 0.230 e. The van der Waals surface area contributed by atoms with Crippen LogP contribution in [0.15, 0.2) is 28.7 Å². The van der Waals surface area contributed by atoms with Crippen LogP contribution in [0.1, 0.15) is 29.8 Å². The molecule has 1 aromatic carbocycles. The van der Waals surface area contributed by atoms with E-state index < -0.39 is 0 Å². The molecule has 1 fully saturated rings. The van der Waals surface area contributed by atoms with E-state index in [0.29, 0.717) is 11.6 Å². The standard InChI is InChI=1S/C16H19BrN4OS/c17-13-6-4-12(5-7-13)10-14(22)18-16-20-19-15(23-16)11-21-8-2-1-3-9-21/h4-7H,1-3,8-11H2,(H,18,20,22). The monoisotopic (exact) mass is 394 g/mol. The summed E-state index contributed by atoms with van der Waals surface area (Å²) in [6.07, 6.45) is 4.18. The van der Waals surface area contributed by atoms with E-state index in [1.165, 1.54) is 30.6 Å². The van der Waals surface area contributed by atoms with Gasteiger partial charge in [-0.25, -0.2) is 0 Å². The van der Waals surface area contributed by atoms with Gasteiger partial charge in [0.25, 0.3) is 0 Å². The number of nitrogens with one attached hydrogen (secondary N) is 1. The summed E-state index contributed by atoms with van der Waals surface area (Å²) in [6, 6.07) is 7.74. The molecule has 3 rings (SSSR count).